The van der Waals surface area contributed by atoms with Gasteiger partial charge in [-0.15, -0.1) is 11.3 Å². The van der Waals surface area contributed by atoms with Gasteiger partial charge in [0.1, 0.15) is 5.01 Å². The molecule has 2 heterocycles. The van der Waals surface area contributed by atoms with E-state index >= 15 is 0 Å². The number of hydrogen-bond donors (Lipinski definition) is 2. The summed E-state index contributed by atoms with van der Waals surface area (Å²) in [5.74, 6) is 0.424. The molecule has 5 heteroatoms. The highest BCUT2D eigenvalue weighted by atomic mass is 32.1. The molecule has 0 amide bonds. The van der Waals surface area contributed by atoms with Crippen molar-refractivity contribution in [3.63, 3.8) is 0 Å². The van der Waals surface area contributed by atoms with Crippen LogP contribution in [0.25, 0.3) is 0 Å². The minimum Gasteiger partial charge on any atom is -0.396 e. The standard InChI is InChI=1S/C21H26N2O2S/c24-12-15-20(14-6-2-1-3-7-14)21(15)13-23(10-18(21)25)11-19-22-16-8-4-5-9-17(16)26-19/h1-3,6-7,15,18,20,24-25H,4-5,8-13H2/t15-,18-,20-,21-/m1/s1. The molecule has 0 unspecified atom stereocenters. The van der Waals surface area contributed by atoms with Gasteiger partial charge >= 0.3 is 0 Å². The summed E-state index contributed by atoms with van der Waals surface area (Å²) in [4.78, 5) is 8.69. The van der Waals surface area contributed by atoms with E-state index < -0.39 is 0 Å². The van der Waals surface area contributed by atoms with Gasteiger partial charge in [-0.2, -0.15) is 0 Å². The summed E-state index contributed by atoms with van der Waals surface area (Å²) in [6.45, 7) is 2.51. The van der Waals surface area contributed by atoms with Crippen LogP contribution >= 0.6 is 11.3 Å². The number of rotatable bonds is 4. The van der Waals surface area contributed by atoms with Crippen molar-refractivity contribution in [2.45, 2.75) is 44.2 Å². The van der Waals surface area contributed by atoms with Crippen LogP contribution < -0.4 is 0 Å². The summed E-state index contributed by atoms with van der Waals surface area (Å²) in [5.41, 5.74) is 2.37. The molecule has 5 rings (SSSR count). The van der Waals surface area contributed by atoms with Crippen LogP contribution in [0.2, 0.25) is 0 Å². The van der Waals surface area contributed by atoms with Gasteiger partial charge in [-0.25, -0.2) is 4.98 Å². The van der Waals surface area contributed by atoms with E-state index in [0.29, 0.717) is 6.54 Å². The van der Waals surface area contributed by atoms with Crippen molar-refractivity contribution in [2.24, 2.45) is 11.3 Å². The van der Waals surface area contributed by atoms with Gasteiger partial charge in [-0.05, 0) is 43.1 Å². The highest BCUT2D eigenvalue weighted by Gasteiger charge is 2.70. The lowest BCUT2D eigenvalue weighted by molar-refractivity contribution is 0.111. The molecule has 138 valence electrons. The fraction of sp³-hybridized carbons (Fsp3) is 0.571. The monoisotopic (exact) mass is 370 g/mol. The zero-order chi connectivity index (χ0) is 17.7. The number of β-amino-alcohol motifs (C(OH)–C–C–N with tert-alkyl or cyclic N) is 1. The van der Waals surface area contributed by atoms with Gasteiger partial charge in [0.05, 0.1) is 18.3 Å². The smallest absolute Gasteiger partial charge is 0.107 e. The van der Waals surface area contributed by atoms with E-state index in [9.17, 15) is 10.2 Å². The third-order valence-corrected chi connectivity index (χ3v) is 7.86. The van der Waals surface area contributed by atoms with Crippen LogP contribution in [0.5, 0.6) is 0 Å². The molecule has 4 nitrogen and oxygen atoms in total. The lowest BCUT2D eigenvalue weighted by atomic mass is 9.95. The molecule has 26 heavy (non-hydrogen) atoms. The van der Waals surface area contributed by atoms with Gasteiger partial charge in [-0.1, -0.05) is 30.3 Å². The Morgan fingerprint density at radius 2 is 2.00 bits per heavy atom. The quantitative estimate of drug-likeness (QED) is 0.869. The molecule has 0 bridgehead atoms. The maximum absolute atomic E-state index is 10.9. The van der Waals surface area contributed by atoms with Crippen LogP contribution in [0.4, 0.5) is 0 Å². The van der Waals surface area contributed by atoms with Crippen molar-refractivity contribution < 1.29 is 10.2 Å². The SMILES string of the molecule is OC[C@@H]1[C@@H](c2ccccc2)[C@]12CN(Cc1nc3c(s1)CCCC3)C[C@H]2O. The molecule has 1 aromatic carbocycles. The molecule has 3 aliphatic rings. The molecule has 1 aromatic heterocycles. The summed E-state index contributed by atoms with van der Waals surface area (Å²) < 4.78 is 0. The fourth-order valence-corrected chi connectivity index (χ4v) is 6.64. The number of likely N-dealkylation sites (tertiary alicyclic amines) is 1. The van der Waals surface area contributed by atoms with Crippen LogP contribution in [-0.2, 0) is 19.4 Å². The first kappa shape index (κ1) is 16.9. The zero-order valence-electron chi connectivity index (χ0n) is 15.0. The number of fused-ring (bicyclic) bond motifs is 1. The maximum atomic E-state index is 10.9. The summed E-state index contributed by atoms with van der Waals surface area (Å²) in [7, 11) is 0. The Kier molecular flexibility index (Phi) is 4.16. The van der Waals surface area contributed by atoms with E-state index in [2.05, 4.69) is 29.2 Å². The second-order valence-electron chi connectivity index (χ2n) is 8.16. The molecule has 2 fully saturated rings. The number of hydrogen-bond acceptors (Lipinski definition) is 5. The zero-order valence-corrected chi connectivity index (χ0v) is 15.8. The molecule has 2 aliphatic carbocycles. The number of benzene rings is 1. The maximum Gasteiger partial charge on any atom is 0.107 e. The van der Waals surface area contributed by atoms with E-state index in [1.54, 1.807) is 0 Å². The Balaban J connectivity index is 1.34. The topological polar surface area (TPSA) is 56.6 Å². The first-order valence-electron chi connectivity index (χ1n) is 9.76. The lowest BCUT2D eigenvalue weighted by Crippen LogP contribution is -2.23. The van der Waals surface area contributed by atoms with E-state index in [4.69, 9.17) is 4.98 Å². The fourth-order valence-electron chi connectivity index (χ4n) is 5.45. The van der Waals surface area contributed by atoms with Crippen LogP contribution in [0.3, 0.4) is 0 Å². The minimum atomic E-state index is -0.376. The van der Waals surface area contributed by atoms with Crippen LogP contribution in [0.1, 0.15) is 39.9 Å². The molecule has 1 spiro atoms. The van der Waals surface area contributed by atoms with E-state index in [0.717, 1.165) is 19.5 Å². The first-order valence-corrected chi connectivity index (χ1v) is 10.6. The second-order valence-corrected chi connectivity index (χ2v) is 9.33. The number of aryl methyl sites for hydroxylation is 2. The highest BCUT2D eigenvalue weighted by molar-refractivity contribution is 7.11. The van der Waals surface area contributed by atoms with Crippen molar-refractivity contribution in [3.05, 3.63) is 51.5 Å². The van der Waals surface area contributed by atoms with Crippen molar-refractivity contribution in [1.29, 1.82) is 0 Å². The van der Waals surface area contributed by atoms with Crippen LogP contribution in [0, 0.1) is 11.3 Å². The number of nitrogens with zero attached hydrogens (tertiary/aromatic N) is 2. The van der Waals surface area contributed by atoms with E-state index in [1.165, 1.54) is 40.4 Å². The summed E-state index contributed by atoms with van der Waals surface area (Å²) in [6, 6.07) is 10.4. The second kappa shape index (κ2) is 6.41. The summed E-state index contributed by atoms with van der Waals surface area (Å²) >= 11 is 1.86. The summed E-state index contributed by atoms with van der Waals surface area (Å²) in [6.07, 6.45) is 4.48. The highest BCUT2D eigenvalue weighted by Crippen LogP contribution is 2.68. The third-order valence-electron chi connectivity index (χ3n) is 6.72. The number of aromatic nitrogens is 1. The molecular weight excluding hydrogens is 344 g/mol. The van der Waals surface area contributed by atoms with Crippen LogP contribution in [-0.4, -0.2) is 45.9 Å². The number of aliphatic hydroxyl groups is 2. The van der Waals surface area contributed by atoms with Gasteiger partial charge in [0, 0.05) is 30.0 Å². The Hall–Kier alpha value is -1.27. The van der Waals surface area contributed by atoms with E-state index in [-0.39, 0.29) is 30.0 Å². The Bertz CT molecular complexity index is 769. The van der Waals surface area contributed by atoms with Crippen molar-refractivity contribution in [3.8, 4) is 0 Å². The molecule has 1 aliphatic heterocycles. The molecule has 0 radical (unpaired) electrons. The number of thiazole rings is 1. The predicted octanol–water partition coefficient (Wildman–Crippen LogP) is 2.59. The van der Waals surface area contributed by atoms with Gasteiger partial charge in [-0.3, -0.25) is 4.90 Å². The lowest BCUT2D eigenvalue weighted by Gasteiger charge is -2.15. The Labute approximate surface area is 158 Å². The number of aliphatic hydroxyl groups excluding tert-OH is 2. The van der Waals surface area contributed by atoms with Crippen molar-refractivity contribution in [2.75, 3.05) is 19.7 Å². The molecule has 1 saturated carbocycles. The normalized spacial score (nSPS) is 33.5. The van der Waals surface area contributed by atoms with Crippen molar-refractivity contribution in [1.82, 2.24) is 9.88 Å². The molecule has 1 saturated heterocycles. The Morgan fingerprint density at radius 3 is 2.77 bits per heavy atom. The molecule has 4 atom stereocenters. The van der Waals surface area contributed by atoms with Gasteiger partial charge < -0.3 is 10.2 Å². The van der Waals surface area contributed by atoms with Gasteiger partial charge in [0.2, 0.25) is 0 Å². The van der Waals surface area contributed by atoms with Crippen LogP contribution in [0.15, 0.2) is 30.3 Å². The summed E-state index contributed by atoms with van der Waals surface area (Å²) in [5, 5.41) is 22.0. The predicted molar refractivity (Wildman–Crippen MR) is 102 cm³/mol. The van der Waals surface area contributed by atoms with Gasteiger partial charge in [0.25, 0.3) is 0 Å². The Morgan fingerprint density at radius 1 is 1.19 bits per heavy atom. The van der Waals surface area contributed by atoms with E-state index in [1.807, 2.05) is 17.4 Å². The van der Waals surface area contributed by atoms with Crippen molar-refractivity contribution >= 4 is 11.3 Å². The molecule has 2 N–H and O–H groups in total. The first-order chi connectivity index (χ1) is 12.7. The minimum absolute atomic E-state index is 0.149. The average molecular weight is 371 g/mol. The van der Waals surface area contributed by atoms with Gasteiger partial charge in [0.15, 0.2) is 0 Å². The molecular formula is C21H26N2O2S. The largest absolute Gasteiger partial charge is 0.396 e. The molecule has 2 aromatic rings. The third kappa shape index (κ3) is 2.56. The average Bonchev–Trinajstić information content (AvgIpc) is 2.93.